The molecule has 2 rings (SSSR count). The Bertz CT molecular complexity index is 457. The van der Waals surface area contributed by atoms with E-state index in [2.05, 4.69) is 41.5 Å². The van der Waals surface area contributed by atoms with Crippen molar-refractivity contribution in [2.45, 2.75) is 32.1 Å². The summed E-state index contributed by atoms with van der Waals surface area (Å²) in [5.41, 5.74) is 0.727. The van der Waals surface area contributed by atoms with Crippen LogP contribution < -0.4 is 10.6 Å². The van der Waals surface area contributed by atoms with E-state index in [0.29, 0.717) is 0 Å². The molecule has 0 saturated carbocycles. The maximum absolute atomic E-state index is 12.8. The third kappa shape index (κ3) is 4.93. The summed E-state index contributed by atoms with van der Waals surface area (Å²) in [6.07, 6.45) is 1.65. The Morgan fingerprint density at radius 3 is 2.35 bits per heavy atom. The van der Waals surface area contributed by atoms with Crippen LogP contribution >= 0.6 is 12.4 Å². The molecule has 0 unspecified atom stereocenters. The van der Waals surface area contributed by atoms with E-state index in [-0.39, 0.29) is 18.3 Å². The van der Waals surface area contributed by atoms with Crippen molar-refractivity contribution in [1.82, 2.24) is 15.5 Å². The molecule has 23 heavy (non-hydrogen) atoms. The third-order valence-electron chi connectivity index (χ3n) is 4.89. The van der Waals surface area contributed by atoms with Crippen LogP contribution in [0.5, 0.6) is 0 Å². The Labute approximate surface area is 146 Å². The van der Waals surface area contributed by atoms with E-state index in [0.717, 1.165) is 57.7 Å². The smallest absolute Gasteiger partial charge is 0.230 e. The maximum atomic E-state index is 12.8. The minimum atomic E-state index is -0.398. The lowest BCUT2D eigenvalue weighted by molar-refractivity contribution is -0.127. The monoisotopic (exact) mass is 339 g/mol. The van der Waals surface area contributed by atoms with Gasteiger partial charge in [0, 0.05) is 39.3 Å². The minimum Gasteiger partial charge on any atom is -0.354 e. The number of amides is 1. The van der Waals surface area contributed by atoms with Crippen molar-refractivity contribution >= 4 is 18.3 Å². The maximum Gasteiger partial charge on any atom is 0.230 e. The van der Waals surface area contributed by atoms with E-state index in [4.69, 9.17) is 0 Å². The largest absolute Gasteiger partial charge is 0.354 e. The van der Waals surface area contributed by atoms with E-state index in [1.54, 1.807) is 0 Å². The third-order valence-corrected chi connectivity index (χ3v) is 4.89. The number of carbonyl (C=O) groups is 1. The fraction of sp³-hybridized carbons (Fsp3) is 0.611. The van der Waals surface area contributed by atoms with Gasteiger partial charge in [-0.2, -0.15) is 0 Å². The zero-order valence-electron chi connectivity index (χ0n) is 14.3. The van der Waals surface area contributed by atoms with Gasteiger partial charge in [-0.3, -0.25) is 9.69 Å². The van der Waals surface area contributed by atoms with Crippen LogP contribution in [0.15, 0.2) is 30.3 Å². The van der Waals surface area contributed by atoms with Gasteiger partial charge in [0.05, 0.1) is 5.41 Å². The summed E-state index contributed by atoms with van der Waals surface area (Å²) in [7, 11) is 0. The van der Waals surface area contributed by atoms with Crippen LogP contribution in [-0.2, 0) is 10.2 Å². The summed E-state index contributed by atoms with van der Waals surface area (Å²) in [5, 5.41) is 6.52. The van der Waals surface area contributed by atoms with Crippen molar-refractivity contribution in [2.75, 3.05) is 39.3 Å². The van der Waals surface area contributed by atoms with Crippen molar-refractivity contribution < 1.29 is 4.79 Å². The fourth-order valence-electron chi connectivity index (χ4n) is 3.30. The van der Waals surface area contributed by atoms with Gasteiger partial charge in [-0.15, -0.1) is 12.4 Å². The van der Waals surface area contributed by atoms with Crippen LogP contribution in [0.25, 0.3) is 0 Å². The normalized spacial score (nSPS) is 15.7. The van der Waals surface area contributed by atoms with Crippen molar-refractivity contribution in [3.63, 3.8) is 0 Å². The van der Waals surface area contributed by atoms with Crippen LogP contribution in [0.1, 0.15) is 32.3 Å². The molecule has 5 heteroatoms. The van der Waals surface area contributed by atoms with Crippen LogP contribution in [0.4, 0.5) is 0 Å². The molecule has 1 aromatic carbocycles. The molecular formula is C18H30ClN3O. The van der Waals surface area contributed by atoms with Crippen LogP contribution in [-0.4, -0.2) is 50.1 Å². The topological polar surface area (TPSA) is 44.4 Å². The molecule has 1 aliphatic rings. The van der Waals surface area contributed by atoms with Crippen molar-refractivity contribution in [1.29, 1.82) is 0 Å². The van der Waals surface area contributed by atoms with Gasteiger partial charge in [-0.1, -0.05) is 44.2 Å². The predicted octanol–water partition coefficient (Wildman–Crippen LogP) is 2.19. The predicted molar refractivity (Wildman–Crippen MR) is 98.3 cm³/mol. The number of hydrogen-bond acceptors (Lipinski definition) is 3. The second-order valence-corrected chi connectivity index (χ2v) is 6.00. The molecule has 4 nitrogen and oxygen atoms in total. The highest BCUT2D eigenvalue weighted by Gasteiger charge is 2.36. The Kier molecular flexibility index (Phi) is 8.59. The molecule has 0 bridgehead atoms. The molecule has 1 aliphatic heterocycles. The van der Waals surface area contributed by atoms with E-state index >= 15 is 0 Å². The first-order valence-electron chi connectivity index (χ1n) is 8.50. The number of benzene rings is 1. The van der Waals surface area contributed by atoms with Gasteiger partial charge < -0.3 is 10.6 Å². The van der Waals surface area contributed by atoms with E-state index in [1.807, 2.05) is 18.2 Å². The first-order chi connectivity index (χ1) is 10.7. The van der Waals surface area contributed by atoms with Crippen LogP contribution in [0.3, 0.4) is 0 Å². The van der Waals surface area contributed by atoms with Gasteiger partial charge in [0.1, 0.15) is 0 Å². The molecule has 130 valence electrons. The molecule has 0 aromatic heterocycles. The summed E-state index contributed by atoms with van der Waals surface area (Å²) < 4.78 is 0. The molecule has 0 spiro atoms. The molecular weight excluding hydrogens is 310 g/mol. The summed E-state index contributed by atoms with van der Waals surface area (Å²) in [5.74, 6) is 0.166. The van der Waals surface area contributed by atoms with Crippen molar-refractivity contribution in [3.8, 4) is 0 Å². The summed E-state index contributed by atoms with van der Waals surface area (Å²) in [6, 6.07) is 10.2. The Morgan fingerprint density at radius 2 is 1.78 bits per heavy atom. The summed E-state index contributed by atoms with van der Waals surface area (Å²) in [4.78, 5) is 15.2. The Hall–Kier alpha value is -1.10. The highest BCUT2D eigenvalue weighted by atomic mass is 35.5. The average Bonchev–Trinajstić information content (AvgIpc) is 2.58. The molecule has 1 aromatic rings. The van der Waals surface area contributed by atoms with Crippen LogP contribution in [0.2, 0.25) is 0 Å². The molecule has 1 saturated heterocycles. The Morgan fingerprint density at radius 1 is 1.17 bits per heavy atom. The van der Waals surface area contributed by atoms with Gasteiger partial charge in [0.15, 0.2) is 0 Å². The summed E-state index contributed by atoms with van der Waals surface area (Å²) in [6.45, 7) is 10.1. The second-order valence-electron chi connectivity index (χ2n) is 6.00. The summed E-state index contributed by atoms with van der Waals surface area (Å²) >= 11 is 0. The molecule has 0 atom stereocenters. The number of nitrogens with one attached hydrogen (secondary N) is 2. The molecule has 2 N–H and O–H groups in total. The molecule has 0 radical (unpaired) electrons. The fourth-order valence-corrected chi connectivity index (χ4v) is 3.30. The van der Waals surface area contributed by atoms with Gasteiger partial charge in [0.2, 0.25) is 5.91 Å². The highest BCUT2D eigenvalue weighted by Crippen LogP contribution is 2.31. The second kappa shape index (κ2) is 9.91. The van der Waals surface area contributed by atoms with E-state index in [1.165, 1.54) is 0 Å². The first-order valence-corrected chi connectivity index (χ1v) is 8.50. The minimum absolute atomic E-state index is 0. The van der Waals surface area contributed by atoms with Crippen molar-refractivity contribution in [2.24, 2.45) is 0 Å². The number of rotatable bonds is 7. The zero-order valence-corrected chi connectivity index (χ0v) is 15.1. The number of piperazine rings is 1. The van der Waals surface area contributed by atoms with E-state index < -0.39 is 5.41 Å². The van der Waals surface area contributed by atoms with Crippen LogP contribution in [0, 0.1) is 0 Å². The van der Waals surface area contributed by atoms with Gasteiger partial charge >= 0.3 is 0 Å². The number of halogens is 1. The zero-order chi connectivity index (χ0) is 15.8. The quantitative estimate of drug-likeness (QED) is 0.800. The SMILES string of the molecule is CCC(CC)(C(=O)NCCN1CCNCC1)c1ccccc1.Cl. The van der Waals surface area contributed by atoms with Gasteiger partial charge in [-0.25, -0.2) is 0 Å². The molecule has 1 amide bonds. The number of carbonyl (C=O) groups excluding carboxylic acids is 1. The highest BCUT2D eigenvalue weighted by molar-refractivity contribution is 5.88. The standard InChI is InChI=1S/C18H29N3O.ClH/c1-3-18(4-2,16-8-6-5-7-9-16)17(22)20-12-15-21-13-10-19-11-14-21;/h5-9,19H,3-4,10-15H2,1-2H3,(H,20,22);1H. The van der Waals surface area contributed by atoms with E-state index in [9.17, 15) is 4.79 Å². The van der Waals surface area contributed by atoms with Gasteiger partial charge in [0.25, 0.3) is 0 Å². The molecule has 1 fully saturated rings. The Balaban J connectivity index is 0.00000264. The van der Waals surface area contributed by atoms with Crippen molar-refractivity contribution in [3.05, 3.63) is 35.9 Å². The first kappa shape index (κ1) is 19.9. The number of hydrogen-bond donors (Lipinski definition) is 2. The average molecular weight is 340 g/mol. The molecule has 0 aliphatic carbocycles. The number of nitrogens with zero attached hydrogens (tertiary/aromatic N) is 1. The molecule has 1 heterocycles. The lowest BCUT2D eigenvalue weighted by atomic mass is 9.75. The lowest BCUT2D eigenvalue weighted by Crippen LogP contribution is -2.49. The lowest BCUT2D eigenvalue weighted by Gasteiger charge is -2.32. The van der Waals surface area contributed by atoms with Gasteiger partial charge in [-0.05, 0) is 18.4 Å².